The van der Waals surface area contributed by atoms with Gasteiger partial charge >= 0.3 is 92.8 Å². The first-order valence-electron chi connectivity index (χ1n) is 4.75. The van der Waals surface area contributed by atoms with E-state index in [-0.39, 0.29) is 24.8 Å². The Morgan fingerprint density at radius 1 is 0.812 bits per heavy atom. The molecule has 3 heteroatoms. The van der Waals surface area contributed by atoms with E-state index in [2.05, 4.69) is 59.9 Å². The molecule has 2 aromatic rings. The number of benzene rings is 2. The molecule has 1 aliphatic carbocycles. The summed E-state index contributed by atoms with van der Waals surface area (Å²) in [5.74, 6) is 0. The third-order valence-corrected chi connectivity index (χ3v) is 3.48. The molecule has 80 valence electrons. The van der Waals surface area contributed by atoms with Gasteiger partial charge in [0.2, 0.25) is 0 Å². The first-order valence-corrected chi connectivity index (χ1v) is 5.45. The summed E-state index contributed by atoms with van der Waals surface area (Å²) in [6.07, 6.45) is 1.09. The van der Waals surface area contributed by atoms with Gasteiger partial charge in [-0.3, -0.25) is 0 Å². The van der Waals surface area contributed by atoms with E-state index in [0.717, 1.165) is 6.42 Å². The van der Waals surface area contributed by atoms with Crippen molar-refractivity contribution in [2.45, 2.75) is 6.42 Å². The third kappa shape index (κ3) is 2.03. The van der Waals surface area contributed by atoms with Crippen LogP contribution in [0.5, 0.6) is 0 Å². The maximum atomic E-state index is 2.67. The van der Waals surface area contributed by atoms with Crippen molar-refractivity contribution in [1.82, 2.24) is 0 Å². The molecule has 0 fully saturated rings. The van der Waals surface area contributed by atoms with Crippen molar-refractivity contribution in [2.75, 3.05) is 0 Å². The average Bonchev–Trinajstić information content (AvgIpc) is 2.59. The van der Waals surface area contributed by atoms with Gasteiger partial charge in [-0.2, -0.15) is 0 Å². The van der Waals surface area contributed by atoms with Gasteiger partial charge < -0.3 is 24.8 Å². The van der Waals surface area contributed by atoms with Crippen LogP contribution in [0.1, 0.15) is 11.1 Å². The van der Waals surface area contributed by atoms with Gasteiger partial charge in [0.1, 0.15) is 0 Å². The first kappa shape index (κ1) is 13.7. The molecule has 0 amide bonds. The van der Waals surface area contributed by atoms with Crippen LogP contribution in [-0.2, 0) is 23.8 Å². The summed E-state index contributed by atoms with van der Waals surface area (Å²) in [6, 6.07) is 15.2. The summed E-state index contributed by atoms with van der Waals surface area (Å²) in [5, 5.41) is 0. The fourth-order valence-corrected chi connectivity index (χ4v) is 2.59. The van der Waals surface area contributed by atoms with Crippen LogP contribution in [0.25, 0.3) is 11.1 Å². The van der Waals surface area contributed by atoms with Gasteiger partial charge in [-0.25, -0.2) is 0 Å². The standard InChI is InChI=1S/C13H9.2ClH.V/c1-3-7-12-10(5-1)9-11-6-2-4-8-13(11)12;;;/h1-5,7-8H,9H2;2*1H;/q;;;+2/p-2. The van der Waals surface area contributed by atoms with Crippen molar-refractivity contribution in [3.05, 3.63) is 53.6 Å². The summed E-state index contributed by atoms with van der Waals surface area (Å²) in [6.45, 7) is 0. The predicted molar refractivity (Wildman–Crippen MR) is 54.3 cm³/mol. The zero-order valence-electron chi connectivity index (χ0n) is 8.45. The molecule has 0 saturated carbocycles. The Bertz CT molecular complexity index is 509. The van der Waals surface area contributed by atoms with E-state index in [4.69, 9.17) is 0 Å². The Morgan fingerprint density at radius 2 is 1.50 bits per heavy atom. The van der Waals surface area contributed by atoms with E-state index in [1.54, 1.807) is 0 Å². The van der Waals surface area contributed by atoms with Gasteiger partial charge in [-0.1, -0.05) is 0 Å². The van der Waals surface area contributed by atoms with Gasteiger partial charge in [-0.15, -0.1) is 0 Å². The van der Waals surface area contributed by atoms with Crippen LogP contribution in [0.2, 0.25) is 0 Å². The second-order valence-electron chi connectivity index (χ2n) is 3.64. The first-order chi connectivity index (χ1) is 6.86. The van der Waals surface area contributed by atoms with Crippen LogP contribution in [0.15, 0.2) is 42.5 Å². The van der Waals surface area contributed by atoms with Gasteiger partial charge in [0, 0.05) is 0 Å². The Balaban J connectivity index is 0.000000640. The summed E-state index contributed by atoms with van der Waals surface area (Å²) >= 11 is 2.67. The van der Waals surface area contributed by atoms with Gasteiger partial charge in [0.25, 0.3) is 0 Å². The van der Waals surface area contributed by atoms with E-state index >= 15 is 0 Å². The predicted octanol–water partition coefficient (Wildman–Crippen LogP) is -3.56. The molecule has 1 aliphatic rings. The quantitative estimate of drug-likeness (QED) is 0.401. The molecule has 0 atom stereocenters. The normalized spacial score (nSPS) is 10.7. The Labute approximate surface area is 117 Å². The molecule has 0 N–H and O–H groups in total. The fraction of sp³-hybridized carbons (Fsp3) is 0.0769. The molecule has 0 heterocycles. The van der Waals surface area contributed by atoms with Crippen LogP contribution >= 0.6 is 0 Å². The summed E-state index contributed by atoms with van der Waals surface area (Å²) < 4.78 is 1.35. The molecule has 0 aliphatic heterocycles. The zero-order chi connectivity index (χ0) is 9.54. The molecule has 0 radical (unpaired) electrons. The van der Waals surface area contributed by atoms with E-state index in [1.165, 1.54) is 26.5 Å². The van der Waals surface area contributed by atoms with Crippen molar-refractivity contribution in [1.29, 1.82) is 0 Å². The van der Waals surface area contributed by atoms with Crippen LogP contribution in [0, 0.1) is 0 Å². The monoisotopic (exact) mass is 286 g/mol. The van der Waals surface area contributed by atoms with Crippen molar-refractivity contribution >= 4 is 4.28 Å². The molecule has 0 spiro atoms. The van der Waals surface area contributed by atoms with Crippen molar-refractivity contribution in [2.24, 2.45) is 0 Å². The molecule has 0 aromatic heterocycles. The summed E-state index contributed by atoms with van der Waals surface area (Å²) in [5.41, 5.74) is 5.77. The minimum absolute atomic E-state index is 0. The van der Waals surface area contributed by atoms with E-state index in [9.17, 15) is 0 Å². The Kier molecular flexibility index (Phi) is 4.52. The van der Waals surface area contributed by atoms with Crippen LogP contribution < -0.4 is 29.1 Å². The summed E-state index contributed by atoms with van der Waals surface area (Å²) in [4.78, 5) is 0. The van der Waals surface area contributed by atoms with Crippen molar-refractivity contribution in [3.8, 4) is 11.1 Å². The molecule has 0 nitrogen and oxygen atoms in total. The van der Waals surface area contributed by atoms with Crippen LogP contribution in [0.4, 0.5) is 0 Å². The van der Waals surface area contributed by atoms with E-state index in [0.29, 0.717) is 0 Å². The molecule has 3 rings (SSSR count). The molecule has 0 saturated heterocycles. The number of hydrogen-bond donors (Lipinski definition) is 0. The average molecular weight is 287 g/mol. The Morgan fingerprint density at radius 3 is 2.31 bits per heavy atom. The molecular formula is C13H9Cl2V. The van der Waals surface area contributed by atoms with Crippen molar-refractivity contribution < 1.29 is 42.2 Å². The second kappa shape index (κ2) is 5.29. The minimum atomic E-state index is 0. The van der Waals surface area contributed by atoms with E-state index < -0.39 is 0 Å². The maximum absolute atomic E-state index is 2.67. The number of hydrogen-bond acceptors (Lipinski definition) is 0. The second-order valence-corrected chi connectivity index (χ2v) is 4.39. The fourth-order valence-electron chi connectivity index (χ4n) is 2.14. The van der Waals surface area contributed by atoms with Gasteiger partial charge in [0.15, 0.2) is 0 Å². The third-order valence-electron chi connectivity index (χ3n) is 2.83. The molecule has 0 bridgehead atoms. The summed E-state index contributed by atoms with van der Waals surface area (Å²) in [7, 11) is 0. The zero-order valence-corrected chi connectivity index (χ0v) is 11.4. The van der Waals surface area contributed by atoms with E-state index in [1.807, 2.05) is 0 Å². The molecule has 16 heavy (non-hydrogen) atoms. The van der Waals surface area contributed by atoms with Gasteiger partial charge in [-0.05, 0) is 0 Å². The van der Waals surface area contributed by atoms with Crippen molar-refractivity contribution in [3.63, 3.8) is 0 Å². The molecule has 0 unspecified atom stereocenters. The molecule has 2 aromatic carbocycles. The van der Waals surface area contributed by atoms with Gasteiger partial charge in [0.05, 0.1) is 0 Å². The number of rotatable bonds is 0. The van der Waals surface area contributed by atoms with Crippen LogP contribution in [-0.4, -0.2) is 0 Å². The van der Waals surface area contributed by atoms with Crippen LogP contribution in [0.3, 0.4) is 0 Å². The Hall–Kier alpha value is -0.396. The topological polar surface area (TPSA) is 0 Å². The number of halogens is 2. The number of fused-ring (bicyclic) bond motifs is 3. The molecular weight excluding hydrogens is 278 g/mol. The SMILES string of the molecule is [Cl-].[Cl-].[V+2][c]1cccc2c1Cc1ccccc1-2.